The van der Waals surface area contributed by atoms with Crippen molar-refractivity contribution in [2.45, 2.75) is 33.6 Å². The van der Waals surface area contributed by atoms with Gasteiger partial charge in [0.25, 0.3) is 11.5 Å². The summed E-state index contributed by atoms with van der Waals surface area (Å²) in [7, 11) is 4.14. The highest BCUT2D eigenvalue weighted by Crippen LogP contribution is 2.31. The van der Waals surface area contributed by atoms with Gasteiger partial charge >= 0.3 is 0 Å². The van der Waals surface area contributed by atoms with Gasteiger partial charge in [-0.1, -0.05) is 32.0 Å². The highest BCUT2D eigenvalue weighted by Gasteiger charge is 2.23. The Morgan fingerprint density at radius 3 is 2.57 bits per heavy atom. The van der Waals surface area contributed by atoms with Crippen molar-refractivity contribution in [2.75, 3.05) is 18.9 Å². The molecule has 1 aliphatic rings. The van der Waals surface area contributed by atoms with Crippen LogP contribution in [0.5, 0.6) is 0 Å². The third-order valence-corrected chi connectivity index (χ3v) is 6.68. The summed E-state index contributed by atoms with van der Waals surface area (Å²) in [5.74, 6) is 0.172. The molecule has 1 atom stereocenters. The van der Waals surface area contributed by atoms with Crippen molar-refractivity contribution in [3.8, 4) is 16.9 Å². The molecule has 7 nitrogen and oxygen atoms in total. The number of hydrogen-bond donors (Lipinski definition) is 2. The first kappa shape index (κ1) is 26.4. The van der Waals surface area contributed by atoms with Crippen LogP contribution in [0.2, 0.25) is 0 Å². The Morgan fingerprint density at radius 2 is 1.89 bits per heavy atom. The van der Waals surface area contributed by atoms with Crippen LogP contribution in [0.25, 0.3) is 28.0 Å². The van der Waals surface area contributed by atoms with Crippen LogP contribution >= 0.6 is 9.24 Å². The predicted octanol–water partition coefficient (Wildman–Crippen LogP) is 4.60. The lowest BCUT2D eigenvalue weighted by Crippen LogP contribution is -2.25. The molecule has 37 heavy (non-hydrogen) atoms. The SMILES string of the molecule is CC.CNc1nc(-c2cc(C(=O)NCC3CC3)ccc2C)c2ccc(=O)n(-c3c(F)cccc3P)c2n1. The molecule has 1 aliphatic carbocycles. The Labute approximate surface area is 217 Å². The molecular formula is C28H31FN5O2P. The zero-order chi connectivity index (χ0) is 26.7. The van der Waals surface area contributed by atoms with Crippen molar-refractivity contribution < 1.29 is 9.18 Å². The number of aromatic nitrogens is 3. The first-order chi connectivity index (χ1) is 17.9. The number of carbonyl (C=O) groups excluding carboxylic acids is 1. The normalized spacial score (nSPS) is 12.6. The molecule has 5 rings (SSSR count). The number of pyridine rings is 1. The van der Waals surface area contributed by atoms with E-state index in [0.29, 0.717) is 34.4 Å². The maximum Gasteiger partial charge on any atom is 0.256 e. The first-order valence-corrected chi connectivity index (χ1v) is 13.0. The fourth-order valence-corrected chi connectivity index (χ4v) is 4.47. The van der Waals surface area contributed by atoms with E-state index in [0.717, 1.165) is 24.0 Å². The summed E-state index contributed by atoms with van der Waals surface area (Å²) >= 11 is 0. The lowest BCUT2D eigenvalue weighted by Gasteiger charge is -2.16. The van der Waals surface area contributed by atoms with Crippen LogP contribution < -0.4 is 21.5 Å². The zero-order valence-corrected chi connectivity index (χ0v) is 22.6. The van der Waals surface area contributed by atoms with Gasteiger partial charge in [-0.15, -0.1) is 9.24 Å². The van der Waals surface area contributed by atoms with E-state index in [9.17, 15) is 14.0 Å². The van der Waals surface area contributed by atoms with Crippen molar-refractivity contribution >= 4 is 37.4 Å². The molecule has 1 amide bonds. The fraction of sp³-hybridized carbons (Fsp3) is 0.286. The highest BCUT2D eigenvalue weighted by atomic mass is 31.0. The van der Waals surface area contributed by atoms with Gasteiger partial charge in [-0.05, 0) is 60.8 Å². The van der Waals surface area contributed by atoms with Gasteiger partial charge in [0.05, 0.1) is 11.4 Å². The number of halogens is 1. The molecule has 0 radical (unpaired) electrons. The molecule has 2 heterocycles. The minimum atomic E-state index is -0.538. The largest absolute Gasteiger partial charge is 0.357 e. The summed E-state index contributed by atoms with van der Waals surface area (Å²) in [4.78, 5) is 35.0. The van der Waals surface area contributed by atoms with E-state index in [2.05, 4.69) is 29.8 Å². The van der Waals surface area contributed by atoms with Crippen molar-refractivity contribution in [1.82, 2.24) is 19.9 Å². The number of anilines is 1. The van der Waals surface area contributed by atoms with E-state index in [1.807, 2.05) is 26.8 Å². The van der Waals surface area contributed by atoms with Crippen LogP contribution in [-0.4, -0.2) is 34.0 Å². The van der Waals surface area contributed by atoms with Gasteiger partial charge in [-0.3, -0.25) is 14.2 Å². The number of amides is 1. The van der Waals surface area contributed by atoms with E-state index >= 15 is 0 Å². The quantitative estimate of drug-likeness (QED) is 0.364. The molecule has 1 saturated carbocycles. The Hall–Kier alpha value is -3.64. The number of fused-ring (bicyclic) bond motifs is 1. The van der Waals surface area contributed by atoms with Gasteiger partial charge in [0.2, 0.25) is 5.95 Å². The molecule has 2 aromatic carbocycles. The lowest BCUT2D eigenvalue weighted by molar-refractivity contribution is 0.0952. The number of aryl methyl sites for hydroxylation is 1. The molecule has 0 bridgehead atoms. The average Bonchev–Trinajstić information content (AvgIpc) is 3.74. The van der Waals surface area contributed by atoms with Crippen molar-refractivity contribution in [1.29, 1.82) is 0 Å². The van der Waals surface area contributed by atoms with Crippen LogP contribution in [-0.2, 0) is 0 Å². The Kier molecular flexibility index (Phi) is 7.98. The third kappa shape index (κ3) is 5.39. The summed E-state index contributed by atoms with van der Waals surface area (Å²) in [6, 6.07) is 13.1. The standard InChI is InChI=1S/C26H25FN5O2P.C2H6/c1-14-6-9-16(25(34)29-13-15-7-8-15)12-18(14)22-17-10-11-21(33)32(24(17)31-26(28-2)30-22)23-19(27)4-3-5-20(23)35;1-2/h3-6,9-12,15H,7-8,13,35H2,1-2H3,(H,29,34)(H,28,30,31);1-2H3. The first-order valence-electron chi connectivity index (χ1n) is 12.4. The van der Waals surface area contributed by atoms with Crippen molar-refractivity contribution in [3.63, 3.8) is 0 Å². The fourth-order valence-electron chi connectivity index (χ4n) is 4.10. The minimum absolute atomic E-state index is 0.115. The predicted molar refractivity (Wildman–Crippen MR) is 151 cm³/mol. The van der Waals surface area contributed by atoms with Gasteiger partial charge in [0, 0.05) is 36.2 Å². The van der Waals surface area contributed by atoms with Crippen LogP contribution in [0.15, 0.2) is 53.3 Å². The molecule has 2 N–H and O–H groups in total. The number of hydrogen-bond acceptors (Lipinski definition) is 5. The molecule has 9 heteroatoms. The highest BCUT2D eigenvalue weighted by molar-refractivity contribution is 7.27. The summed E-state index contributed by atoms with van der Waals surface area (Å²) in [5.41, 5.74) is 2.68. The van der Waals surface area contributed by atoms with E-state index in [-0.39, 0.29) is 23.2 Å². The molecule has 1 unspecified atom stereocenters. The molecule has 1 fully saturated rings. The Bertz CT molecular complexity index is 1510. The molecule has 0 aliphatic heterocycles. The molecule has 192 valence electrons. The van der Waals surface area contributed by atoms with Gasteiger partial charge in [-0.2, -0.15) is 4.98 Å². The summed E-state index contributed by atoms with van der Waals surface area (Å²) < 4.78 is 16.2. The summed E-state index contributed by atoms with van der Waals surface area (Å²) in [6.45, 7) is 6.61. The lowest BCUT2D eigenvalue weighted by atomic mass is 9.99. The van der Waals surface area contributed by atoms with Crippen LogP contribution in [0.3, 0.4) is 0 Å². The molecule has 4 aromatic rings. The number of rotatable bonds is 6. The van der Waals surface area contributed by atoms with Gasteiger partial charge < -0.3 is 10.6 Å². The zero-order valence-electron chi connectivity index (χ0n) is 21.4. The average molecular weight is 520 g/mol. The van der Waals surface area contributed by atoms with Crippen molar-refractivity contribution in [2.24, 2.45) is 5.92 Å². The smallest absolute Gasteiger partial charge is 0.256 e. The molecular weight excluding hydrogens is 488 g/mol. The number of nitrogens with one attached hydrogen (secondary N) is 2. The second-order valence-electron chi connectivity index (χ2n) is 8.75. The van der Waals surface area contributed by atoms with E-state index < -0.39 is 11.4 Å². The van der Waals surface area contributed by atoms with E-state index in [1.54, 1.807) is 37.4 Å². The van der Waals surface area contributed by atoms with E-state index in [1.165, 1.54) is 16.7 Å². The van der Waals surface area contributed by atoms with Gasteiger partial charge in [0.1, 0.15) is 5.82 Å². The summed E-state index contributed by atoms with van der Waals surface area (Å²) in [5, 5.41) is 7.02. The maximum atomic E-state index is 14.9. The molecule has 2 aromatic heterocycles. The number of carbonyl (C=O) groups is 1. The van der Waals surface area contributed by atoms with E-state index in [4.69, 9.17) is 0 Å². The van der Waals surface area contributed by atoms with Crippen LogP contribution in [0, 0.1) is 18.7 Å². The van der Waals surface area contributed by atoms with Crippen LogP contribution in [0.1, 0.15) is 42.6 Å². The maximum absolute atomic E-state index is 14.9. The number of nitrogens with zero attached hydrogens (tertiary/aromatic N) is 3. The van der Waals surface area contributed by atoms with Crippen molar-refractivity contribution in [3.05, 3.63) is 75.8 Å². The second kappa shape index (κ2) is 11.2. The molecule has 0 saturated heterocycles. The summed E-state index contributed by atoms with van der Waals surface area (Å²) in [6.07, 6.45) is 2.31. The van der Waals surface area contributed by atoms with Gasteiger partial charge in [0.15, 0.2) is 5.65 Å². The van der Waals surface area contributed by atoms with Gasteiger partial charge in [-0.25, -0.2) is 9.37 Å². The third-order valence-electron chi connectivity index (χ3n) is 6.22. The minimum Gasteiger partial charge on any atom is -0.357 e. The number of benzene rings is 2. The monoisotopic (exact) mass is 519 g/mol. The van der Waals surface area contributed by atoms with Crippen LogP contribution in [0.4, 0.5) is 10.3 Å². The number of para-hydroxylation sites is 1. The Morgan fingerprint density at radius 1 is 1.14 bits per heavy atom. The second-order valence-corrected chi connectivity index (χ2v) is 9.37. The Balaban J connectivity index is 0.00000156. The topological polar surface area (TPSA) is 88.9 Å². The molecule has 0 spiro atoms.